The van der Waals surface area contributed by atoms with Crippen molar-refractivity contribution in [2.45, 2.75) is 50.5 Å². The fraction of sp³-hybridized carbons (Fsp3) is 0.545. The average molecular weight is 517 g/mol. The number of aliphatic hydroxyl groups excluding tert-OH is 1. The number of allylic oxidation sites excluding steroid dienone is 2. The molecule has 4 nitrogen and oxygen atoms in total. The van der Waals surface area contributed by atoms with Crippen molar-refractivity contribution in [3.63, 3.8) is 0 Å². The number of hydrogen-bond donors (Lipinski definition) is 1. The second-order valence-corrected chi connectivity index (χ2v) is 8.19. The summed E-state index contributed by atoms with van der Waals surface area (Å²) in [6, 6.07) is 5.46. The van der Waals surface area contributed by atoms with Gasteiger partial charge in [-0.2, -0.15) is 6.42 Å². The zero-order chi connectivity index (χ0) is 20.5. The summed E-state index contributed by atoms with van der Waals surface area (Å²) in [5, 5.41) is 10.9. The van der Waals surface area contributed by atoms with Gasteiger partial charge in [0.25, 0.3) is 0 Å². The van der Waals surface area contributed by atoms with E-state index in [9.17, 15) is 9.90 Å². The van der Waals surface area contributed by atoms with Crippen molar-refractivity contribution in [1.82, 2.24) is 0 Å². The number of unbranched alkanes of at least 4 members (excludes halogenated alkanes) is 1. The Bertz CT molecular complexity index is 668. The molecule has 1 N–H and O–H groups in total. The zero-order valence-corrected chi connectivity index (χ0v) is 21.2. The Balaban J connectivity index is 0.00000420. The maximum absolute atomic E-state index is 10.9. The van der Waals surface area contributed by atoms with E-state index in [2.05, 4.69) is 19.1 Å². The number of aliphatic hydroxyl groups is 1. The minimum absolute atomic E-state index is 0. The first-order valence-corrected chi connectivity index (χ1v) is 10.5. The predicted molar refractivity (Wildman–Crippen MR) is 113 cm³/mol. The van der Waals surface area contributed by atoms with Crippen LogP contribution in [0, 0.1) is 18.8 Å². The summed E-state index contributed by atoms with van der Waals surface area (Å²) in [7, 11) is 0. The number of carbonyl (C=O) groups is 1. The molecule has 29 heavy (non-hydrogen) atoms. The van der Waals surface area contributed by atoms with Crippen LogP contribution in [0.25, 0.3) is 0 Å². The van der Waals surface area contributed by atoms with E-state index in [0.29, 0.717) is 36.8 Å². The number of halogens is 2. The number of carbonyl (C=O) groups excluding carboxylic acids is 1. The average Bonchev–Trinajstić information content (AvgIpc) is 2.89. The van der Waals surface area contributed by atoms with Crippen molar-refractivity contribution in [2.24, 2.45) is 11.8 Å². The molecular formula is C22H29Cl2O4Y-. The SMILES string of the molecule is [CH2-]CC/C=C\C[C@@H]1[C@@H](COc2cc(Cl)cc(CCOC(C)=O)c2)[C@H](O)C[C@H]1Cl.[Y]. The molecule has 1 aromatic rings. The second-order valence-electron chi connectivity index (χ2n) is 7.19. The third-order valence-electron chi connectivity index (χ3n) is 4.99. The van der Waals surface area contributed by atoms with Crippen molar-refractivity contribution in [1.29, 1.82) is 0 Å². The molecule has 0 spiro atoms. The molecule has 159 valence electrons. The summed E-state index contributed by atoms with van der Waals surface area (Å²) < 4.78 is 11.0. The van der Waals surface area contributed by atoms with Crippen LogP contribution in [0.5, 0.6) is 5.75 Å². The Hall–Kier alpha value is -0.126. The quantitative estimate of drug-likeness (QED) is 0.206. The summed E-state index contributed by atoms with van der Waals surface area (Å²) in [4.78, 5) is 10.9. The van der Waals surface area contributed by atoms with Crippen LogP contribution >= 0.6 is 23.2 Å². The molecule has 0 aliphatic heterocycles. The van der Waals surface area contributed by atoms with Crippen molar-refractivity contribution < 1.29 is 52.1 Å². The molecule has 0 heterocycles. The Kier molecular flexibility index (Phi) is 13.0. The summed E-state index contributed by atoms with van der Waals surface area (Å²) in [5.74, 6) is 0.470. The van der Waals surface area contributed by atoms with Gasteiger partial charge in [0.2, 0.25) is 0 Å². The van der Waals surface area contributed by atoms with Gasteiger partial charge in [0.1, 0.15) is 5.75 Å². The maximum atomic E-state index is 10.9. The molecule has 0 unspecified atom stereocenters. The maximum Gasteiger partial charge on any atom is 0.302 e. The number of rotatable bonds is 10. The smallest absolute Gasteiger partial charge is 0.302 e. The van der Waals surface area contributed by atoms with Crippen LogP contribution in [0.3, 0.4) is 0 Å². The van der Waals surface area contributed by atoms with Gasteiger partial charge in [-0.3, -0.25) is 4.79 Å². The monoisotopic (exact) mass is 516 g/mol. The van der Waals surface area contributed by atoms with Crippen LogP contribution in [0.2, 0.25) is 5.02 Å². The largest absolute Gasteiger partial charge is 0.493 e. The van der Waals surface area contributed by atoms with Crippen LogP contribution in [0.15, 0.2) is 30.4 Å². The molecule has 7 heteroatoms. The summed E-state index contributed by atoms with van der Waals surface area (Å²) in [6.07, 6.45) is 7.54. The van der Waals surface area contributed by atoms with Crippen LogP contribution in [0.1, 0.15) is 38.2 Å². The van der Waals surface area contributed by atoms with Crippen LogP contribution < -0.4 is 4.74 Å². The van der Waals surface area contributed by atoms with Gasteiger partial charge in [-0.15, -0.1) is 11.6 Å². The minimum atomic E-state index is -0.476. The summed E-state index contributed by atoms with van der Waals surface area (Å²) >= 11 is 12.7. The molecule has 1 aliphatic rings. The normalized spacial score (nSPS) is 23.8. The first-order chi connectivity index (χ1) is 13.4. The Morgan fingerprint density at radius 2 is 2.07 bits per heavy atom. The van der Waals surface area contributed by atoms with Gasteiger partial charge >= 0.3 is 5.97 Å². The summed E-state index contributed by atoms with van der Waals surface area (Å²) in [5.41, 5.74) is 0.929. The second kappa shape index (κ2) is 14.0. The Labute approximate surface area is 209 Å². The molecule has 0 bridgehead atoms. The van der Waals surface area contributed by atoms with Crippen molar-refractivity contribution in [3.8, 4) is 5.75 Å². The Morgan fingerprint density at radius 1 is 1.31 bits per heavy atom. The topological polar surface area (TPSA) is 55.8 Å². The van der Waals surface area contributed by atoms with E-state index < -0.39 is 6.10 Å². The van der Waals surface area contributed by atoms with Crippen molar-refractivity contribution in [2.75, 3.05) is 13.2 Å². The van der Waals surface area contributed by atoms with E-state index in [4.69, 9.17) is 32.7 Å². The van der Waals surface area contributed by atoms with E-state index in [1.54, 1.807) is 6.07 Å². The number of ether oxygens (including phenoxy) is 2. The first kappa shape index (κ1) is 26.9. The van der Waals surface area contributed by atoms with E-state index >= 15 is 0 Å². The zero-order valence-electron chi connectivity index (χ0n) is 16.9. The number of hydrogen-bond acceptors (Lipinski definition) is 4. The molecule has 1 radical (unpaired) electrons. The van der Waals surface area contributed by atoms with Crippen molar-refractivity contribution in [3.05, 3.63) is 47.9 Å². The molecule has 0 saturated heterocycles. The first-order valence-electron chi connectivity index (χ1n) is 9.72. The van der Waals surface area contributed by atoms with Gasteiger partial charge < -0.3 is 21.5 Å². The van der Waals surface area contributed by atoms with Gasteiger partial charge in [0, 0.05) is 62.4 Å². The molecule has 1 aliphatic carbocycles. The predicted octanol–water partition coefficient (Wildman–Crippen LogP) is 4.99. The standard InChI is InChI=1S/C22H29Cl2O4.Y/c1-3-4-5-6-7-19-20(22(26)13-21(19)24)14-28-18-11-16(10-17(23)12-18)8-9-27-15(2)25;/h5-6,10-12,19-22,26H,1,3-4,7-9,13-14H2,2H3;/q-1;/b6-5-;/t19-,20-,21-,22-;/m1./s1. The van der Waals surface area contributed by atoms with Gasteiger partial charge in [-0.05, 0) is 42.5 Å². The molecular weight excluding hydrogens is 488 g/mol. The van der Waals surface area contributed by atoms with E-state index in [-0.39, 0.29) is 55.9 Å². The molecule has 0 aromatic heterocycles. The Morgan fingerprint density at radius 3 is 2.76 bits per heavy atom. The third-order valence-corrected chi connectivity index (χ3v) is 5.71. The van der Waals surface area contributed by atoms with Crippen molar-refractivity contribution >= 4 is 29.2 Å². The number of alkyl halides is 1. The minimum Gasteiger partial charge on any atom is -0.493 e. The summed E-state index contributed by atoms with van der Waals surface area (Å²) in [6.45, 7) is 5.89. The van der Waals surface area contributed by atoms with E-state index in [1.165, 1.54) is 6.92 Å². The molecule has 4 atom stereocenters. The number of benzene rings is 1. The third kappa shape index (κ3) is 9.27. The van der Waals surface area contributed by atoms with Gasteiger partial charge in [0.05, 0.1) is 19.3 Å². The molecule has 2 rings (SSSR count). The molecule has 0 amide bonds. The van der Waals surface area contributed by atoms with Crippen LogP contribution in [-0.4, -0.2) is 35.8 Å². The van der Waals surface area contributed by atoms with Gasteiger partial charge in [-0.25, -0.2) is 0 Å². The van der Waals surface area contributed by atoms with Gasteiger partial charge in [-0.1, -0.05) is 30.2 Å². The van der Waals surface area contributed by atoms with Crippen LogP contribution in [-0.2, 0) is 48.7 Å². The fourth-order valence-electron chi connectivity index (χ4n) is 3.53. The molecule has 1 saturated carbocycles. The van der Waals surface area contributed by atoms with E-state index in [1.807, 2.05) is 12.1 Å². The van der Waals surface area contributed by atoms with Gasteiger partial charge in [0.15, 0.2) is 0 Å². The van der Waals surface area contributed by atoms with E-state index in [0.717, 1.165) is 24.8 Å². The number of esters is 1. The fourth-order valence-corrected chi connectivity index (χ4v) is 4.25. The van der Waals surface area contributed by atoms with Crippen LogP contribution in [0.4, 0.5) is 0 Å². The molecule has 1 fully saturated rings. The molecule has 1 aromatic carbocycles.